The van der Waals surface area contributed by atoms with E-state index in [1.807, 2.05) is 32.0 Å². The van der Waals surface area contributed by atoms with E-state index in [-0.39, 0.29) is 23.5 Å². The average Bonchev–Trinajstić information content (AvgIpc) is 3.60. The van der Waals surface area contributed by atoms with Crippen molar-refractivity contribution in [3.8, 4) is 0 Å². The van der Waals surface area contributed by atoms with E-state index in [0.29, 0.717) is 27.4 Å². The average molecular weight is 423 g/mol. The SMILES string of the molecule is Cc1ccc(C(=O)CSc2nc(C3CC3)nc3c2c(=O)[nH]c(=O)n3C2CC2)cc1C. The first-order chi connectivity index (χ1) is 14.4. The number of hydrogen-bond acceptors (Lipinski definition) is 6. The van der Waals surface area contributed by atoms with Crippen LogP contribution in [0.2, 0.25) is 0 Å². The minimum Gasteiger partial charge on any atom is -0.293 e. The summed E-state index contributed by atoms with van der Waals surface area (Å²) in [6, 6.07) is 5.74. The van der Waals surface area contributed by atoms with E-state index in [0.717, 1.165) is 36.8 Å². The number of H-pyrrole nitrogens is 1. The fraction of sp³-hybridized carbons (Fsp3) is 0.409. The number of hydrogen-bond donors (Lipinski definition) is 1. The number of benzene rings is 1. The van der Waals surface area contributed by atoms with E-state index in [9.17, 15) is 14.4 Å². The molecule has 0 radical (unpaired) electrons. The first kappa shape index (κ1) is 19.2. The summed E-state index contributed by atoms with van der Waals surface area (Å²) in [7, 11) is 0. The zero-order valence-corrected chi connectivity index (χ0v) is 17.7. The van der Waals surface area contributed by atoms with Crippen LogP contribution >= 0.6 is 11.8 Å². The Kier molecular flexibility index (Phi) is 4.61. The number of fused-ring (bicyclic) bond motifs is 1. The lowest BCUT2D eigenvalue weighted by molar-refractivity contribution is 0.102. The van der Waals surface area contributed by atoms with Crippen molar-refractivity contribution in [3.05, 3.63) is 61.6 Å². The molecule has 2 aliphatic carbocycles. The minimum absolute atomic E-state index is 0.0187. The number of thioether (sulfide) groups is 1. The Morgan fingerprint density at radius 1 is 1.13 bits per heavy atom. The zero-order valence-electron chi connectivity index (χ0n) is 16.9. The van der Waals surface area contributed by atoms with Gasteiger partial charge in [0.2, 0.25) is 0 Å². The van der Waals surface area contributed by atoms with Gasteiger partial charge in [-0.25, -0.2) is 14.8 Å². The van der Waals surface area contributed by atoms with Gasteiger partial charge in [-0.1, -0.05) is 23.9 Å². The zero-order chi connectivity index (χ0) is 21.0. The van der Waals surface area contributed by atoms with Crippen LogP contribution in [0.1, 0.15) is 65.0 Å². The maximum atomic E-state index is 12.8. The lowest BCUT2D eigenvalue weighted by atomic mass is 10.0. The van der Waals surface area contributed by atoms with E-state index < -0.39 is 11.2 Å². The van der Waals surface area contributed by atoms with Crippen LogP contribution in [0, 0.1) is 13.8 Å². The summed E-state index contributed by atoms with van der Waals surface area (Å²) in [5, 5.41) is 0.790. The first-order valence-corrected chi connectivity index (χ1v) is 11.2. The molecule has 8 heteroatoms. The number of aryl methyl sites for hydroxylation is 2. The Morgan fingerprint density at radius 3 is 2.57 bits per heavy atom. The Bertz CT molecular complexity index is 1300. The number of nitrogens with zero attached hydrogens (tertiary/aromatic N) is 3. The van der Waals surface area contributed by atoms with Crippen molar-refractivity contribution in [3.63, 3.8) is 0 Å². The molecule has 5 rings (SSSR count). The molecule has 0 aliphatic heterocycles. The van der Waals surface area contributed by atoms with Gasteiger partial charge >= 0.3 is 5.69 Å². The molecule has 2 aromatic heterocycles. The van der Waals surface area contributed by atoms with Gasteiger partial charge in [0.15, 0.2) is 11.4 Å². The number of nitrogens with one attached hydrogen (secondary N) is 1. The van der Waals surface area contributed by atoms with Crippen molar-refractivity contribution >= 4 is 28.6 Å². The summed E-state index contributed by atoms with van der Waals surface area (Å²) in [5.41, 5.74) is 2.35. The van der Waals surface area contributed by atoms with Crippen molar-refractivity contribution in [1.82, 2.24) is 19.5 Å². The number of aromatic amines is 1. The van der Waals surface area contributed by atoms with Gasteiger partial charge in [0.05, 0.1) is 5.75 Å². The predicted octanol–water partition coefficient (Wildman–Crippen LogP) is 3.28. The molecule has 30 heavy (non-hydrogen) atoms. The van der Waals surface area contributed by atoms with Gasteiger partial charge in [0.1, 0.15) is 16.2 Å². The molecule has 7 nitrogen and oxygen atoms in total. The molecule has 154 valence electrons. The fourth-order valence-electron chi connectivity index (χ4n) is 3.57. The molecule has 0 atom stereocenters. The highest BCUT2D eigenvalue weighted by Gasteiger charge is 2.32. The summed E-state index contributed by atoms with van der Waals surface area (Å²) in [5.74, 6) is 1.09. The molecule has 3 aromatic rings. The number of aromatic nitrogens is 4. The van der Waals surface area contributed by atoms with Crippen molar-refractivity contribution in [2.75, 3.05) is 5.75 Å². The third-order valence-corrected chi connectivity index (χ3v) is 6.77. The second-order valence-corrected chi connectivity index (χ2v) is 9.20. The van der Waals surface area contributed by atoms with Crippen LogP contribution in [0.15, 0.2) is 32.8 Å². The third kappa shape index (κ3) is 3.49. The van der Waals surface area contributed by atoms with Crippen LogP contribution in [-0.4, -0.2) is 31.1 Å². The maximum absolute atomic E-state index is 12.8. The van der Waals surface area contributed by atoms with Crippen molar-refractivity contribution in [2.45, 2.75) is 56.5 Å². The van der Waals surface area contributed by atoms with Crippen LogP contribution in [0.25, 0.3) is 11.0 Å². The third-order valence-electron chi connectivity index (χ3n) is 5.79. The fourth-order valence-corrected chi connectivity index (χ4v) is 4.49. The number of rotatable bonds is 6. The molecule has 2 heterocycles. The van der Waals surface area contributed by atoms with Crippen LogP contribution < -0.4 is 11.2 Å². The Balaban J connectivity index is 1.55. The van der Waals surface area contributed by atoms with E-state index in [1.54, 1.807) is 4.57 Å². The summed E-state index contributed by atoms with van der Waals surface area (Å²) >= 11 is 1.25. The molecule has 0 spiro atoms. The number of carbonyl (C=O) groups excluding carboxylic acids is 1. The molecule has 2 saturated carbocycles. The van der Waals surface area contributed by atoms with Crippen LogP contribution in [-0.2, 0) is 0 Å². The van der Waals surface area contributed by atoms with Gasteiger partial charge in [0.25, 0.3) is 5.56 Å². The van der Waals surface area contributed by atoms with E-state index in [1.165, 1.54) is 11.8 Å². The highest BCUT2D eigenvalue weighted by Crippen LogP contribution is 2.40. The minimum atomic E-state index is -0.490. The second kappa shape index (κ2) is 7.19. The number of Topliss-reactive ketones (excluding diaryl/α,β-unsaturated/α-hetero) is 1. The lowest BCUT2D eigenvalue weighted by Crippen LogP contribution is -2.31. The first-order valence-electron chi connectivity index (χ1n) is 10.2. The number of carbonyl (C=O) groups is 1. The van der Waals surface area contributed by atoms with Crippen LogP contribution in [0.5, 0.6) is 0 Å². The second-order valence-electron chi connectivity index (χ2n) is 8.23. The quantitative estimate of drug-likeness (QED) is 0.372. The van der Waals surface area contributed by atoms with Crippen molar-refractivity contribution in [2.24, 2.45) is 0 Å². The van der Waals surface area contributed by atoms with E-state index >= 15 is 0 Å². The molecule has 2 aliphatic rings. The molecule has 1 aromatic carbocycles. The Morgan fingerprint density at radius 2 is 1.90 bits per heavy atom. The number of ketones is 1. The van der Waals surface area contributed by atoms with E-state index in [4.69, 9.17) is 0 Å². The topological polar surface area (TPSA) is 97.7 Å². The molecular formula is C22H22N4O3S. The Labute approximate surface area is 177 Å². The van der Waals surface area contributed by atoms with Gasteiger partial charge in [0, 0.05) is 17.5 Å². The summed E-state index contributed by atoms with van der Waals surface area (Å²) in [4.78, 5) is 49.5. The summed E-state index contributed by atoms with van der Waals surface area (Å²) < 4.78 is 1.60. The maximum Gasteiger partial charge on any atom is 0.330 e. The van der Waals surface area contributed by atoms with Gasteiger partial charge in [-0.15, -0.1) is 0 Å². The highest BCUT2D eigenvalue weighted by atomic mass is 32.2. The normalized spacial score (nSPS) is 16.2. The predicted molar refractivity (Wildman–Crippen MR) is 116 cm³/mol. The van der Waals surface area contributed by atoms with Gasteiger partial charge in [-0.3, -0.25) is 19.1 Å². The molecule has 1 N–H and O–H groups in total. The van der Waals surface area contributed by atoms with Gasteiger partial charge < -0.3 is 0 Å². The van der Waals surface area contributed by atoms with Crippen LogP contribution in [0.4, 0.5) is 0 Å². The molecule has 0 unspecified atom stereocenters. The molecule has 0 saturated heterocycles. The summed E-state index contributed by atoms with van der Waals surface area (Å²) in [6.45, 7) is 3.99. The van der Waals surface area contributed by atoms with E-state index in [2.05, 4.69) is 15.0 Å². The van der Waals surface area contributed by atoms with Gasteiger partial charge in [-0.2, -0.15) is 0 Å². The van der Waals surface area contributed by atoms with Gasteiger partial charge in [-0.05, 0) is 56.7 Å². The Hall–Kier alpha value is -2.74. The van der Waals surface area contributed by atoms with Crippen molar-refractivity contribution in [1.29, 1.82) is 0 Å². The smallest absolute Gasteiger partial charge is 0.293 e. The molecular weight excluding hydrogens is 400 g/mol. The molecule has 0 amide bonds. The van der Waals surface area contributed by atoms with Crippen LogP contribution in [0.3, 0.4) is 0 Å². The monoisotopic (exact) mass is 422 g/mol. The standard InChI is InChI=1S/C22H22N4O3S/c1-11-3-4-14(9-12(11)2)16(27)10-30-21-17-19(23-18(24-21)13-5-6-13)26(15-7-8-15)22(29)25-20(17)28/h3-4,9,13,15H,5-8,10H2,1-2H3,(H,25,28,29). The van der Waals surface area contributed by atoms with Crippen molar-refractivity contribution < 1.29 is 4.79 Å². The molecule has 2 fully saturated rings. The highest BCUT2D eigenvalue weighted by molar-refractivity contribution is 8.00. The largest absolute Gasteiger partial charge is 0.330 e. The molecule has 0 bridgehead atoms. The lowest BCUT2D eigenvalue weighted by Gasteiger charge is -2.12. The summed E-state index contributed by atoms with van der Waals surface area (Å²) in [6.07, 6.45) is 3.82.